The highest BCUT2D eigenvalue weighted by atomic mass is 19.1. The van der Waals surface area contributed by atoms with Gasteiger partial charge in [0.1, 0.15) is 11.5 Å². The summed E-state index contributed by atoms with van der Waals surface area (Å²) in [6.45, 7) is 2.02. The number of anilines is 1. The van der Waals surface area contributed by atoms with Crippen LogP contribution >= 0.6 is 0 Å². The first-order valence-corrected chi connectivity index (χ1v) is 5.73. The van der Waals surface area contributed by atoms with Gasteiger partial charge in [-0.05, 0) is 13.0 Å². The lowest BCUT2D eigenvalue weighted by molar-refractivity contribution is -0.384. The van der Waals surface area contributed by atoms with Crippen molar-refractivity contribution in [3.8, 4) is 0 Å². The van der Waals surface area contributed by atoms with Crippen LogP contribution in [0.5, 0.6) is 0 Å². The van der Waals surface area contributed by atoms with E-state index >= 15 is 0 Å². The van der Waals surface area contributed by atoms with Crippen molar-refractivity contribution in [3.63, 3.8) is 0 Å². The third kappa shape index (κ3) is 3.64. The summed E-state index contributed by atoms with van der Waals surface area (Å²) in [4.78, 5) is 21.5. The van der Waals surface area contributed by atoms with E-state index in [0.29, 0.717) is 6.07 Å². The molecule has 1 rings (SSSR count). The monoisotopic (exact) mass is 286 g/mol. The standard InChI is InChI=1S/C12H15FN2O5/c1-7(19-2)6-14-10-4-8(12(16)20-3)9(13)5-11(10)15(17)18/h4-5,7,14H,6H2,1-3H3. The van der Waals surface area contributed by atoms with Gasteiger partial charge < -0.3 is 14.8 Å². The summed E-state index contributed by atoms with van der Waals surface area (Å²) in [5.41, 5.74) is -0.801. The molecule has 1 aromatic carbocycles. The summed E-state index contributed by atoms with van der Waals surface area (Å²) in [7, 11) is 2.59. The Hall–Kier alpha value is -2.22. The summed E-state index contributed by atoms with van der Waals surface area (Å²) in [5.74, 6) is -1.91. The van der Waals surface area contributed by atoms with Crippen LogP contribution in [0.25, 0.3) is 0 Å². The molecule has 1 aromatic rings. The van der Waals surface area contributed by atoms with Crippen LogP contribution in [0.2, 0.25) is 0 Å². The minimum absolute atomic E-state index is 0.0284. The Balaban J connectivity index is 3.16. The zero-order chi connectivity index (χ0) is 15.3. The third-order valence-electron chi connectivity index (χ3n) is 2.67. The van der Waals surface area contributed by atoms with Crippen LogP contribution < -0.4 is 5.32 Å². The van der Waals surface area contributed by atoms with Gasteiger partial charge in [0.15, 0.2) is 0 Å². The first-order chi connectivity index (χ1) is 9.40. The Morgan fingerprint density at radius 3 is 2.65 bits per heavy atom. The van der Waals surface area contributed by atoms with Crippen LogP contribution in [0.3, 0.4) is 0 Å². The van der Waals surface area contributed by atoms with Gasteiger partial charge >= 0.3 is 5.97 Å². The molecular weight excluding hydrogens is 271 g/mol. The van der Waals surface area contributed by atoms with Crippen molar-refractivity contribution in [1.29, 1.82) is 0 Å². The summed E-state index contributed by atoms with van der Waals surface area (Å²) in [6.07, 6.45) is -0.207. The normalized spacial score (nSPS) is 11.8. The maximum absolute atomic E-state index is 13.6. The van der Waals surface area contributed by atoms with Crippen molar-refractivity contribution < 1.29 is 23.6 Å². The van der Waals surface area contributed by atoms with Crippen molar-refractivity contribution in [1.82, 2.24) is 0 Å². The second-order valence-corrected chi connectivity index (χ2v) is 4.03. The molecule has 0 aromatic heterocycles. The summed E-state index contributed by atoms with van der Waals surface area (Å²) >= 11 is 0. The van der Waals surface area contributed by atoms with Crippen molar-refractivity contribution >= 4 is 17.3 Å². The number of hydrogen-bond acceptors (Lipinski definition) is 6. The van der Waals surface area contributed by atoms with Crippen molar-refractivity contribution in [2.45, 2.75) is 13.0 Å². The molecule has 110 valence electrons. The lowest BCUT2D eigenvalue weighted by Crippen LogP contribution is -2.19. The number of nitrogens with zero attached hydrogens (tertiary/aromatic N) is 1. The number of ether oxygens (including phenoxy) is 2. The molecule has 0 aliphatic heterocycles. The van der Waals surface area contributed by atoms with Gasteiger partial charge in [0.25, 0.3) is 5.69 Å². The van der Waals surface area contributed by atoms with Gasteiger partial charge in [-0.15, -0.1) is 0 Å². The number of esters is 1. The molecule has 0 amide bonds. The molecule has 0 heterocycles. The van der Waals surface area contributed by atoms with Crippen molar-refractivity contribution in [2.24, 2.45) is 0 Å². The lowest BCUT2D eigenvalue weighted by atomic mass is 10.1. The highest BCUT2D eigenvalue weighted by Gasteiger charge is 2.22. The molecule has 7 nitrogen and oxygen atoms in total. The maximum atomic E-state index is 13.6. The van der Waals surface area contributed by atoms with Crippen LogP contribution in [0.15, 0.2) is 12.1 Å². The smallest absolute Gasteiger partial charge is 0.340 e. The van der Waals surface area contributed by atoms with E-state index in [-0.39, 0.29) is 23.9 Å². The molecule has 1 N–H and O–H groups in total. The van der Waals surface area contributed by atoms with Crippen LogP contribution in [0, 0.1) is 15.9 Å². The van der Waals surface area contributed by atoms with E-state index in [9.17, 15) is 19.3 Å². The van der Waals surface area contributed by atoms with Gasteiger partial charge in [-0.25, -0.2) is 9.18 Å². The number of carbonyl (C=O) groups is 1. The maximum Gasteiger partial charge on any atom is 0.340 e. The highest BCUT2D eigenvalue weighted by molar-refractivity contribution is 5.91. The van der Waals surface area contributed by atoms with Gasteiger partial charge in [-0.1, -0.05) is 0 Å². The van der Waals surface area contributed by atoms with E-state index in [0.717, 1.165) is 13.2 Å². The molecule has 1 atom stereocenters. The van der Waals surface area contributed by atoms with E-state index in [4.69, 9.17) is 4.74 Å². The predicted molar refractivity (Wildman–Crippen MR) is 69.4 cm³/mol. The number of carbonyl (C=O) groups excluding carboxylic acids is 1. The number of benzene rings is 1. The molecule has 20 heavy (non-hydrogen) atoms. The number of nitro benzene ring substituents is 1. The molecule has 0 aliphatic rings. The molecule has 0 bridgehead atoms. The number of nitrogens with one attached hydrogen (secondary N) is 1. The van der Waals surface area contributed by atoms with Crippen molar-refractivity contribution in [2.75, 3.05) is 26.1 Å². The van der Waals surface area contributed by atoms with Crippen LogP contribution in [0.1, 0.15) is 17.3 Å². The van der Waals surface area contributed by atoms with Crippen LogP contribution in [-0.4, -0.2) is 37.8 Å². The van der Waals surface area contributed by atoms with Gasteiger partial charge in [0, 0.05) is 13.7 Å². The number of hydrogen-bond donors (Lipinski definition) is 1. The minimum atomic E-state index is -1.01. The molecule has 8 heteroatoms. The first kappa shape index (κ1) is 15.8. The largest absolute Gasteiger partial charge is 0.465 e. The molecular formula is C12H15FN2O5. The van der Waals surface area contributed by atoms with Crippen LogP contribution in [0.4, 0.5) is 15.8 Å². The Morgan fingerprint density at radius 1 is 1.50 bits per heavy atom. The lowest BCUT2D eigenvalue weighted by Gasteiger charge is -2.13. The average Bonchev–Trinajstić information content (AvgIpc) is 2.44. The van der Waals surface area contributed by atoms with E-state index in [2.05, 4.69) is 10.1 Å². The third-order valence-corrected chi connectivity index (χ3v) is 2.67. The number of nitro groups is 1. The van der Waals surface area contributed by atoms with E-state index in [1.54, 1.807) is 6.92 Å². The van der Waals surface area contributed by atoms with Crippen molar-refractivity contribution in [3.05, 3.63) is 33.6 Å². The number of halogens is 1. The van der Waals surface area contributed by atoms with Gasteiger partial charge in [-0.2, -0.15) is 0 Å². The number of methoxy groups -OCH3 is 2. The fraction of sp³-hybridized carbons (Fsp3) is 0.417. The van der Waals surface area contributed by atoms with E-state index in [1.807, 2.05) is 0 Å². The van der Waals surface area contributed by atoms with E-state index < -0.39 is 22.4 Å². The Kier molecular flexibility index (Phi) is 5.39. The van der Waals surface area contributed by atoms with Gasteiger partial charge in [-0.3, -0.25) is 10.1 Å². The second-order valence-electron chi connectivity index (χ2n) is 4.03. The second kappa shape index (κ2) is 6.80. The summed E-state index contributed by atoms with van der Waals surface area (Å²) < 4.78 is 23.0. The van der Waals surface area contributed by atoms with Crippen LogP contribution in [-0.2, 0) is 9.47 Å². The Bertz CT molecular complexity index is 521. The topological polar surface area (TPSA) is 90.7 Å². The minimum Gasteiger partial charge on any atom is -0.465 e. The Labute approximate surface area is 114 Å². The highest BCUT2D eigenvalue weighted by Crippen LogP contribution is 2.28. The van der Waals surface area contributed by atoms with Gasteiger partial charge in [0.2, 0.25) is 0 Å². The zero-order valence-corrected chi connectivity index (χ0v) is 11.3. The molecule has 0 spiro atoms. The SMILES string of the molecule is COC(=O)c1cc(NCC(C)OC)c([N+](=O)[O-])cc1F. The zero-order valence-electron chi connectivity index (χ0n) is 11.3. The van der Waals surface area contributed by atoms with Gasteiger partial charge in [0.05, 0.1) is 29.8 Å². The molecule has 0 aliphatic carbocycles. The molecule has 0 radical (unpaired) electrons. The summed E-state index contributed by atoms with van der Waals surface area (Å²) in [6, 6.07) is 1.74. The fourth-order valence-electron chi connectivity index (χ4n) is 1.46. The number of rotatable bonds is 6. The average molecular weight is 286 g/mol. The Morgan fingerprint density at radius 2 is 2.15 bits per heavy atom. The van der Waals surface area contributed by atoms with E-state index in [1.165, 1.54) is 7.11 Å². The summed E-state index contributed by atoms with van der Waals surface area (Å²) in [5, 5.41) is 13.6. The molecule has 0 saturated heterocycles. The first-order valence-electron chi connectivity index (χ1n) is 5.73. The molecule has 1 unspecified atom stereocenters. The fourth-order valence-corrected chi connectivity index (χ4v) is 1.46. The predicted octanol–water partition coefficient (Wildman–Crippen LogP) is 1.97. The molecule has 0 saturated carbocycles. The molecule has 0 fully saturated rings. The quantitative estimate of drug-likeness (QED) is 0.488.